The number of nitrogens with one attached hydrogen (secondary N) is 1. The lowest BCUT2D eigenvalue weighted by atomic mass is 10.1. The van der Waals surface area contributed by atoms with Crippen molar-refractivity contribution in [1.29, 1.82) is 0 Å². The molecular formula is C15H21N3. The van der Waals surface area contributed by atoms with E-state index in [1.165, 1.54) is 16.8 Å². The summed E-state index contributed by atoms with van der Waals surface area (Å²) in [5, 5.41) is 7.93. The van der Waals surface area contributed by atoms with Crippen LogP contribution in [0.1, 0.15) is 29.4 Å². The van der Waals surface area contributed by atoms with Crippen LogP contribution in [0, 0.1) is 6.92 Å². The minimum absolute atomic E-state index is 0.859. The first-order valence-corrected chi connectivity index (χ1v) is 6.47. The van der Waals surface area contributed by atoms with Crippen LogP contribution in [0.15, 0.2) is 30.3 Å². The highest BCUT2D eigenvalue weighted by molar-refractivity contribution is 5.25. The highest BCUT2D eigenvalue weighted by Gasteiger charge is 2.03. The molecule has 1 aromatic heterocycles. The van der Waals surface area contributed by atoms with Crippen molar-refractivity contribution in [2.24, 2.45) is 7.05 Å². The van der Waals surface area contributed by atoms with E-state index in [1.807, 2.05) is 11.7 Å². The van der Waals surface area contributed by atoms with E-state index in [1.54, 1.807) is 0 Å². The molecule has 96 valence electrons. The standard InChI is InChI=1S/C15H21N3/c1-4-14-9-15(18(3)17-14)11-16-10-13-8-6-5-7-12(13)2/h5-9,16H,4,10-11H2,1-3H3. The van der Waals surface area contributed by atoms with E-state index in [0.29, 0.717) is 0 Å². The van der Waals surface area contributed by atoms with Crippen LogP contribution in [0.25, 0.3) is 0 Å². The molecule has 0 saturated heterocycles. The Morgan fingerprint density at radius 3 is 2.67 bits per heavy atom. The van der Waals surface area contributed by atoms with Crippen LogP contribution >= 0.6 is 0 Å². The van der Waals surface area contributed by atoms with Gasteiger partial charge in [0.1, 0.15) is 0 Å². The average Bonchev–Trinajstić information content (AvgIpc) is 2.73. The van der Waals surface area contributed by atoms with Gasteiger partial charge in [-0.15, -0.1) is 0 Å². The molecule has 3 nitrogen and oxygen atoms in total. The van der Waals surface area contributed by atoms with Gasteiger partial charge in [-0.05, 0) is 30.5 Å². The van der Waals surface area contributed by atoms with Gasteiger partial charge in [0.05, 0.1) is 11.4 Å². The van der Waals surface area contributed by atoms with Crippen LogP contribution < -0.4 is 5.32 Å². The molecule has 0 fully saturated rings. The average molecular weight is 243 g/mol. The Morgan fingerprint density at radius 2 is 2.00 bits per heavy atom. The third-order valence-corrected chi connectivity index (χ3v) is 3.27. The van der Waals surface area contributed by atoms with Crippen molar-refractivity contribution < 1.29 is 0 Å². The third-order valence-electron chi connectivity index (χ3n) is 3.27. The molecule has 0 aliphatic carbocycles. The Kier molecular flexibility index (Phi) is 4.15. The first kappa shape index (κ1) is 12.8. The minimum Gasteiger partial charge on any atom is -0.307 e. The van der Waals surface area contributed by atoms with Gasteiger partial charge in [0, 0.05) is 20.1 Å². The maximum absolute atomic E-state index is 4.45. The van der Waals surface area contributed by atoms with Gasteiger partial charge < -0.3 is 5.32 Å². The summed E-state index contributed by atoms with van der Waals surface area (Å²) in [6.45, 7) is 6.04. The maximum Gasteiger partial charge on any atom is 0.0625 e. The number of hydrogen-bond acceptors (Lipinski definition) is 2. The van der Waals surface area contributed by atoms with Gasteiger partial charge in [0.15, 0.2) is 0 Å². The summed E-state index contributed by atoms with van der Waals surface area (Å²) in [5.41, 5.74) is 5.09. The lowest BCUT2D eigenvalue weighted by Crippen LogP contribution is -2.15. The summed E-state index contributed by atoms with van der Waals surface area (Å²) < 4.78 is 1.96. The van der Waals surface area contributed by atoms with E-state index in [4.69, 9.17) is 0 Å². The number of nitrogens with zero attached hydrogens (tertiary/aromatic N) is 2. The van der Waals surface area contributed by atoms with Gasteiger partial charge >= 0.3 is 0 Å². The van der Waals surface area contributed by atoms with E-state index >= 15 is 0 Å². The van der Waals surface area contributed by atoms with Gasteiger partial charge in [0.2, 0.25) is 0 Å². The van der Waals surface area contributed by atoms with Gasteiger partial charge in [-0.2, -0.15) is 5.10 Å². The predicted molar refractivity (Wildman–Crippen MR) is 74.3 cm³/mol. The molecule has 2 rings (SSSR count). The van der Waals surface area contributed by atoms with E-state index in [-0.39, 0.29) is 0 Å². The molecule has 0 atom stereocenters. The SMILES string of the molecule is CCc1cc(CNCc2ccccc2C)n(C)n1. The molecule has 1 N–H and O–H groups in total. The topological polar surface area (TPSA) is 29.9 Å². The minimum atomic E-state index is 0.859. The number of aromatic nitrogens is 2. The van der Waals surface area contributed by atoms with Crippen LogP contribution in [-0.4, -0.2) is 9.78 Å². The molecule has 0 aliphatic heterocycles. The van der Waals surface area contributed by atoms with Crippen LogP contribution in [0.2, 0.25) is 0 Å². The van der Waals surface area contributed by atoms with Crippen molar-refractivity contribution in [3.05, 3.63) is 52.8 Å². The quantitative estimate of drug-likeness (QED) is 0.874. The fourth-order valence-corrected chi connectivity index (χ4v) is 2.04. The van der Waals surface area contributed by atoms with Crippen molar-refractivity contribution in [1.82, 2.24) is 15.1 Å². The molecule has 1 aromatic carbocycles. The van der Waals surface area contributed by atoms with Gasteiger partial charge in [-0.25, -0.2) is 0 Å². The van der Waals surface area contributed by atoms with Crippen LogP contribution in [0.4, 0.5) is 0 Å². The van der Waals surface area contributed by atoms with Gasteiger partial charge in [-0.1, -0.05) is 31.2 Å². The highest BCUT2D eigenvalue weighted by atomic mass is 15.3. The zero-order valence-electron chi connectivity index (χ0n) is 11.4. The smallest absolute Gasteiger partial charge is 0.0625 e. The molecule has 0 saturated carbocycles. The molecule has 3 heteroatoms. The molecular weight excluding hydrogens is 222 g/mol. The van der Waals surface area contributed by atoms with E-state index in [0.717, 1.165) is 25.2 Å². The molecule has 0 amide bonds. The zero-order chi connectivity index (χ0) is 13.0. The van der Waals surface area contributed by atoms with Gasteiger partial charge in [-0.3, -0.25) is 4.68 Å². The summed E-state index contributed by atoms with van der Waals surface area (Å²) in [6, 6.07) is 10.7. The Labute approximate surface area is 109 Å². The van der Waals surface area contributed by atoms with Crippen molar-refractivity contribution >= 4 is 0 Å². The third kappa shape index (κ3) is 2.99. The molecule has 0 unspecified atom stereocenters. The summed E-state index contributed by atoms with van der Waals surface area (Å²) in [4.78, 5) is 0. The van der Waals surface area contributed by atoms with E-state index < -0.39 is 0 Å². The Morgan fingerprint density at radius 1 is 1.22 bits per heavy atom. The fourth-order valence-electron chi connectivity index (χ4n) is 2.04. The second-order valence-electron chi connectivity index (χ2n) is 4.63. The van der Waals surface area contributed by atoms with Crippen molar-refractivity contribution in [3.63, 3.8) is 0 Å². The van der Waals surface area contributed by atoms with Crippen molar-refractivity contribution in [3.8, 4) is 0 Å². The Bertz CT molecular complexity index is 514. The lowest BCUT2D eigenvalue weighted by molar-refractivity contribution is 0.622. The molecule has 18 heavy (non-hydrogen) atoms. The number of rotatable bonds is 5. The van der Waals surface area contributed by atoms with Crippen molar-refractivity contribution in [2.45, 2.75) is 33.4 Å². The lowest BCUT2D eigenvalue weighted by Gasteiger charge is -2.07. The predicted octanol–water partition coefficient (Wildman–Crippen LogP) is 2.58. The first-order valence-electron chi connectivity index (χ1n) is 6.47. The fraction of sp³-hybridized carbons (Fsp3) is 0.400. The molecule has 0 radical (unpaired) electrons. The molecule has 2 aromatic rings. The number of aryl methyl sites for hydroxylation is 3. The summed E-state index contributed by atoms with van der Waals surface area (Å²) in [7, 11) is 2.00. The van der Waals surface area contributed by atoms with Crippen molar-refractivity contribution in [2.75, 3.05) is 0 Å². The van der Waals surface area contributed by atoms with E-state index in [9.17, 15) is 0 Å². The summed E-state index contributed by atoms with van der Waals surface area (Å²) in [6.07, 6.45) is 0.992. The highest BCUT2D eigenvalue weighted by Crippen LogP contribution is 2.07. The Balaban J connectivity index is 1.92. The molecule has 1 heterocycles. The summed E-state index contributed by atoms with van der Waals surface area (Å²) >= 11 is 0. The number of benzene rings is 1. The molecule has 0 bridgehead atoms. The normalized spacial score (nSPS) is 10.8. The number of hydrogen-bond donors (Lipinski definition) is 1. The second-order valence-corrected chi connectivity index (χ2v) is 4.63. The second kappa shape index (κ2) is 5.83. The molecule has 0 spiro atoms. The maximum atomic E-state index is 4.45. The largest absolute Gasteiger partial charge is 0.307 e. The molecule has 0 aliphatic rings. The van der Waals surface area contributed by atoms with Crippen LogP contribution in [-0.2, 0) is 26.6 Å². The first-order chi connectivity index (χ1) is 8.70. The van der Waals surface area contributed by atoms with E-state index in [2.05, 4.69) is 54.6 Å². The van der Waals surface area contributed by atoms with Crippen LogP contribution in [0.5, 0.6) is 0 Å². The Hall–Kier alpha value is -1.61. The zero-order valence-corrected chi connectivity index (χ0v) is 11.4. The van der Waals surface area contributed by atoms with Crippen LogP contribution in [0.3, 0.4) is 0 Å². The van der Waals surface area contributed by atoms with Gasteiger partial charge in [0.25, 0.3) is 0 Å². The summed E-state index contributed by atoms with van der Waals surface area (Å²) in [5.74, 6) is 0. The monoisotopic (exact) mass is 243 g/mol.